The smallest absolute Gasteiger partial charge is 0.267 e. The maximum Gasteiger partial charge on any atom is 0.267 e. The van der Waals surface area contributed by atoms with Gasteiger partial charge in [-0.05, 0) is 31.5 Å². The van der Waals surface area contributed by atoms with Gasteiger partial charge in [0, 0.05) is 26.2 Å². The largest absolute Gasteiger partial charge is 0.424 e. The summed E-state index contributed by atoms with van der Waals surface area (Å²) < 4.78 is 7.67. The zero-order valence-electron chi connectivity index (χ0n) is 14.6. The summed E-state index contributed by atoms with van der Waals surface area (Å²) >= 11 is 0. The van der Waals surface area contributed by atoms with Gasteiger partial charge in [0.1, 0.15) is 5.69 Å². The van der Waals surface area contributed by atoms with E-state index in [0.29, 0.717) is 24.0 Å². The molecule has 1 amide bonds. The fourth-order valence-electron chi connectivity index (χ4n) is 3.40. The van der Waals surface area contributed by atoms with E-state index in [1.165, 1.54) is 6.42 Å². The molecule has 0 radical (unpaired) electrons. The molecule has 0 saturated carbocycles. The molecule has 1 saturated heterocycles. The summed E-state index contributed by atoms with van der Waals surface area (Å²) in [5.74, 6) is 1.29. The van der Waals surface area contributed by atoms with Crippen molar-refractivity contribution in [1.29, 1.82) is 0 Å². The number of likely N-dealkylation sites (tertiary alicyclic amines) is 1. The number of rotatable bonds is 5. The number of hydrogen-bond donors (Lipinski definition) is 1. The second-order valence-corrected chi connectivity index (χ2v) is 6.21. The third kappa shape index (κ3) is 3.21. The molecule has 1 aliphatic rings. The highest BCUT2D eigenvalue weighted by molar-refractivity contribution is 5.92. The van der Waals surface area contributed by atoms with Crippen molar-refractivity contribution >= 4 is 5.91 Å². The minimum Gasteiger partial charge on any atom is -0.424 e. The summed E-state index contributed by atoms with van der Waals surface area (Å²) in [6, 6.07) is 4.21. The van der Waals surface area contributed by atoms with Gasteiger partial charge in [0.15, 0.2) is 0 Å². The number of piperidine rings is 1. The van der Waals surface area contributed by atoms with Crippen molar-refractivity contribution in [3.63, 3.8) is 0 Å². The Balaban J connectivity index is 1.82. The fourth-order valence-corrected chi connectivity index (χ4v) is 3.40. The Morgan fingerprint density at radius 2 is 2.12 bits per heavy atom. The molecule has 3 rings (SSSR count). The number of carbonyl (C=O) groups is 1. The second-order valence-electron chi connectivity index (χ2n) is 6.21. The molecule has 7 nitrogen and oxygen atoms in total. The summed E-state index contributed by atoms with van der Waals surface area (Å²) in [6.45, 7) is 3.65. The Hall–Kier alpha value is -2.15. The van der Waals surface area contributed by atoms with E-state index in [1.54, 1.807) is 7.05 Å². The number of nitrogens with one attached hydrogen (secondary N) is 1. The van der Waals surface area contributed by atoms with Gasteiger partial charge in [-0.3, -0.25) is 9.69 Å². The Kier molecular flexibility index (Phi) is 4.99. The van der Waals surface area contributed by atoms with Gasteiger partial charge in [0.25, 0.3) is 5.91 Å². The number of hydrogen-bond acceptors (Lipinski definition) is 5. The molecule has 1 fully saturated rings. The van der Waals surface area contributed by atoms with Crippen molar-refractivity contribution in [2.75, 3.05) is 13.6 Å². The normalized spacial score (nSPS) is 18.7. The molecule has 7 heteroatoms. The lowest BCUT2D eigenvalue weighted by Crippen LogP contribution is -2.34. The molecule has 2 aromatic rings. The lowest BCUT2D eigenvalue weighted by molar-refractivity contribution is 0.0951. The first kappa shape index (κ1) is 16.7. The van der Waals surface area contributed by atoms with Crippen LogP contribution in [0.3, 0.4) is 0 Å². The lowest BCUT2D eigenvalue weighted by Gasteiger charge is -2.35. The molecular formula is C17H25N5O2. The van der Waals surface area contributed by atoms with E-state index >= 15 is 0 Å². The van der Waals surface area contributed by atoms with E-state index in [1.807, 2.05) is 24.6 Å². The van der Waals surface area contributed by atoms with E-state index in [0.717, 1.165) is 31.5 Å². The monoisotopic (exact) mass is 331 g/mol. The Morgan fingerprint density at radius 3 is 2.83 bits per heavy atom. The Bertz CT molecular complexity index is 706. The molecule has 24 heavy (non-hydrogen) atoms. The summed E-state index contributed by atoms with van der Waals surface area (Å²) in [4.78, 5) is 14.3. The highest BCUT2D eigenvalue weighted by atomic mass is 16.4. The van der Waals surface area contributed by atoms with Gasteiger partial charge in [0.05, 0.1) is 12.6 Å². The maximum absolute atomic E-state index is 12.0. The predicted molar refractivity (Wildman–Crippen MR) is 89.5 cm³/mol. The number of carbonyl (C=O) groups excluding carboxylic acids is 1. The van der Waals surface area contributed by atoms with Crippen LogP contribution < -0.4 is 5.32 Å². The molecule has 0 aliphatic carbocycles. The second kappa shape index (κ2) is 7.17. The van der Waals surface area contributed by atoms with Crippen LogP contribution in [-0.4, -0.2) is 39.2 Å². The quantitative estimate of drug-likeness (QED) is 0.907. The van der Waals surface area contributed by atoms with Crippen LogP contribution in [0.5, 0.6) is 0 Å². The molecule has 0 unspecified atom stereocenters. The first-order chi connectivity index (χ1) is 11.6. The molecule has 130 valence electrons. The SMILES string of the molecule is CCc1nnc(CN2CCCC[C@H]2c2ccc(C(=O)NC)n2C)o1. The summed E-state index contributed by atoms with van der Waals surface area (Å²) in [7, 11) is 3.61. The van der Waals surface area contributed by atoms with Crippen LogP contribution in [0, 0.1) is 0 Å². The van der Waals surface area contributed by atoms with Crippen LogP contribution in [0.2, 0.25) is 0 Å². The van der Waals surface area contributed by atoms with Crippen LogP contribution in [0.25, 0.3) is 0 Å². The molecule has 0 spiro atoms. The van der Waals surface area contributed by atoms with Gasteiger partial charge in [-0.15, -0.1) is 10.2 Å². The zero-order valence-corrected chi connectivity index (χ0v) is 14.6. The maximum atomic E-state index is 12.0. The van der Waals surface area contributed by atoms with Gasteiger partial charge in [-0.2, -0.15) is 0 Å². The van der Waals surface area contributed by atoms with Crippen molar-refractivity contribution in [2.24, 2.45) is 7.05 Å². The van der Waals surface area contributed by atoms with E-state index in [-0.39, 0.29) is 11.9 Å². The topological polar surface area (TPSA) is 76.2 Å². The first-order valence-electron chi connectivity index (χ1n) is 8.57. The van der Waals surface area contributed by atoms with Gasteiger partial charge < -0.3 is 14.3 Å². The third-order valence-electron chi connectivity index (χ3n) is 4.72. The average Bonchev–Trinajstić information content (AvgIpc) is 3.21. The summed E-state index contributed by atoms with van der Waals surface area (Å²) in [5.41, 5.74) is 1.84. The van der Waals surface area contributed by atoms with E-state index in [2.05, 4.69) is 26.5 Å². The van der Waals surface area contributed by atoms with Gasteiger partial charge in [0.2, 0.25) is 11.8 Å². The number of amides is 1. The molecule has 0 aromatic carbocycles. The van der Waals surface area contributed by atoms with Crippen LogP contribution in [-0.2, 0) is 20.0 Å². The Morgan fingerprint density at radius 1 is 1.33 bits per heavy atom. The number of aryl methyl sites for hydroxylation is 1. The van der Waals surface area contributed by atoms with Crippen LogP contribution >= 0.6 is 0 Å². The van der Waals surface area contributed by atoms with Gasteiger partial charge >= 0.3 is 0 Å². The van der Waals surface area contributed by atoms with Crippen molar-refractivity contribution in [3.05, 3.63) is 35.3 Å². The van der Waals surface area contributed by atoms with E-state index in [9.17, 15) is 4.79 Å². The summed E-state index contributed by atoms with van der Waals surface area (Å²) in [6.07, 6.45) is 4.17. The standard InChI is InChI=1S/C17H25N5O2/c1-4-15-19-20-16(24-15)11-22-10-6-5-7-13(22)12-8-9-14(21(12)3)17(23)18-2/h8-9,13H,4-7,10-11H2,1-3H3,(H,18,23)/t13-/m0/s1. The molecular weight excluding hydrogens is 306 g/mol. The van der Waals surface area contributed by atoms with Crippen LogP contribution in [0.4, 0.5) is 0 Å². The van der Waals surface area contributed by atoms with Gasteiger partial charge in [-0.1, -0.05) is 13.3 Å². The van der Waals surface area contributed by atoms with Crippen LogP contribution in [0.1, 0.15) is 60.2 Å². The average molecular weight is 331 g/mol. The fraction of sp³-hybridized carbons (Fsp3) is 0.588. The van der Waals surface area contributed by atoms with Crippen molar-refractivity contribution in [2.45, 2.75) is 45.2 Å². The van der Waals surface area contributed by atoms with E-state index < -0.39 is 0 Å². The highest BCUT2D eigenvalue weighted by Crippen LogP contribution is 2.32. The van der Waals surface area contributed by atoms with E-state index in [4.69, 9.17) is 4.42 Å². The molecule has 1 aliphatic heterocycles. The molecule has 3 heterocycles. The Labute approximate surface area is 142 Å². The molecule has 1 N–H and O–H groups in total. The minimum absolute atomic E-state index is 0.0596. The number of nitrogens with zero attached hydrogens (tertiary/aromatic N) is 4. The molecule has 2 aromatic heterocycles. The van der Waals surface area contributed by atoms with Crippen molar-refractivity contribution in [3.8, 4) is 0 Å². The first-order valence-corrected chi connectivity index (χ1v) is 8.57. The van der Waals surface area contributed by atoms with Gasteiger partial charge in [-0.25, -0.2) is 0 Å². The van der Waals surface area contributed by atoms with Crippen molar-refractivity contribution in [1.82, 2.24) is 25.0 Å². The minimum atomic E-state index is -0.0596. The highest BCUT2D eigenvalue weighted by Gasteiger charge is 2.28. The third-order valence-corrected chi connectivity index (χ3v) is 4.72. The zero-order chi connectivity index (χ0) is 17.1. The molecule has 0 bridgehead atoms. The summed E-state index contributed by atoms with van der Waals surface area (Å²) in [5, 5.41) is 10.9. The lowest BCUT2D eigenvalue weighted by atomic mass is 9.99. The number of aromatic nitrogens is 3. The predicted octanol–water partition coefficient (Wildman–Crippen LogP) is 2.06. The van der Waals surface area contributed by atoms with Crippen LogP contribution in [0.15, 0.2) is 16.5 Å². The van der Waals surface area contributed by atoms with Crippen molar-refractivity contribution < 1.29 is 9.21 Å². The molecule has 1 atom stereocenters.